The predicted molar refractivity (Wildman–Crippen MR) is 113 cm³/mol. The van der Waals surface area contributed by atoms with Crippen molar-refractivity contribution in [1.29, 1.82) is 0 Å². The summed E-state index contributed by atoms with van der Waals surface area (Å²) >= 11 is 11.9. The summed E-state index contributed by atoms with van der Waals surface area (Å²) in [7, 11) is 0. The number of aromatic nitrogens is 2. The molecule has 0 spiro atoms. The van der Waals surface area contributed by atoms with Crippen molar-refractivity contribution in [3.05, 3.63) is 82.5 Å². The molecule has 0 unspecified atom stereocenters. The number of benzene rings is 1. The molecular weight excluding hydrogens is 367 g/mol. The number of hydrogen-bond donors (Lipinski definition) is 1. The second-order valence-corrected chi connectivity index (χ2v) is 5.70. The third-order valence-electron chi connectivity index (χ3n) is 3.20. The molecule has 0 saturated heterocycles. The molecule has 0 bridgehead atoms. The number of H-pyrrole nitrogens is 1. The first kappa shape index (κ1) is 21.7. The fraction of sp³-hybridized carbons (Fsp3) is 0.143. The molecule has 1 aromatic heterocycles. The van der Waals surface area contributed by atoms with Gasteiger partial charge >= 0.3 is 0 Å². The van der Waals surface area contributed by atoms with E-state index in [9.17, 15) is 4.79 Å². The van der Waals surface area contributed by atoms with Gasteiger partial charge < -0.3 is 0 Å². The summed E-state index contributed by atoms with van der Waals surface area (Å²) in [5.74, 6) is -0.131. The van der Waals surface area contributed by atoms with E-state index in [1.807, 2.05) is 39.0 Å². The maximum atomic E-state index is 12.1. The van der Waals surface area contributed by atoms with E-state index in [0.717, 1.165) is 5.56 Å². The summed E-state index contributed by atoms with van der Waals surface area (Å²) in [4.78, 5) is 12.1. The molecule has 1 heterocycles. The fourth-order valence-corrected chi connectivity index (χ4v) is 2.24. The third kappa shape index (κ3) is 6.17. The Morgan fingerprint density at radius 3 is 2.54 bits per heavy atom. The Morgan fingerprint density at radius 1 is 1.19 bits per heavy atom. The van der Waals surface area contributed by atoms with Crippen LogP contribution in [0.1, 0.15) is 26.5 Å². The molecule has 1 aromatic carbocycles. The average molecular weight is 389 g/mol. The molecule has 5 heteroatoms. The van der Waals surface area contributed by atoms with E-state index in [1.165, 1.54) is 12.2 Å². The topological polar surface area (TPSA) is 45.8 Å². The zero-order valence-electron chi connectivity index (χ0n) is 15.1. The van der Waals surface area contributed by atoms with Crippen LogP contribution in [0.3, 0.4) is 0 Å². The van der Waals surface area contributed by atoms with Gasteiger partial charge in [0.15, 0.2) is 5.78 Å². The lowest BCUT2D eigenvalue weighted by Crippen LogP contribution is -1.94. The summed E-state index contributed by atoms with van der Waals surface area (Å²) in [5.41, 5.74) is 2.79. The van der Waals surface area contributed by atoms with Crippen LogP contribution in [0, 0.1) is 0 Å². The maximum absolute atomic E-state index is 12.1. The molecule has 2 rings (SSSR count). The van der Waals surface area contributed by atoms with Crippen molar-refractivity contribution in [2.45, 2.75) is 20.8 Å². The number of rotatable bonds is 6. The van der Waals surface area contributed by atoms with Gasteiger partial charge in [-0.2, -0.15) is 5.10 Å². The van der Waals surface area contributed by atoms with E-state index in [1.54, 1.807) is 30.4 Å². The maximum Gasteiger partial charge on any atom is 0.185 e. The van der Waals surface area contributed by atoms with E-state index in [-0.39, 0.29) is 5.78 Å². The molecule has 0 aliphatic rings. The third-order valence-corrected chi connectivity index (χ3v) is 3.94. The van der Waals surface area contributed by atoms with Crippen molar-refractivity contribution in [1.82, 2.24) is 10.2 Å². The highest BCUT2D eigenvalue weighted by Crippen LogP contribution is 2.27. The molecule has 0 saturated carbocycles. The number of carbonyl (C=O) groups is 1. The minimum Gasteiger partial charge on any atom is -0.289 e. The SMILES string of the molecule is C=C/C(=C\C=C/C)C(=O)/C=C/c1cc(-c2ccc(Cl)c(Cl)c2)n[nH]1.CC. The first-order valence-corrected chi connectivity index (χ1v) is 8.99. The second kappa shape index (κ2) is 11.3. The lowest BCUT2D eigenvalue weighted by molar-refractivity contribution is -0.111. The Bertz CT molecular complexity index is 845. The molecule has 0 atom stereocenters. The van der Waals surface area contributed by atoms with Crippen molar-refractivity contribution < 1.29 is 4.79 Å². The number of aromatic amines is 1. The molecule has 0 aliphatic heterocycles. The normalized spacial score (nSPS) is 11.5. The molecule has 0 amide bonds. The van der Waals surface area contributed by atoms with Crippen LogP contribution in [0.15, 0.2) is 66.8 Å². The van der Waals surface area contributed by atoms with Gasteiger partial charge in [0.05, 0.1) is 21.4 Å². The Kier molecular flexibility index (Phi) is 9.42. The van der Waals surface area contributed by atoms with Crippen LogP contribution in [0.25, 0.3) is 17.3 Å². The van der Waals surface area contributed by atoms with E-state index < -0.39 is 0 Å². The molecule has 136 valence electrons. The summed E-state index contributed by atoms with van der Waals surface area (Å²) in [6, 6.07) is 7.12. The van der Waals surface area contributed by atoms with Crippen molar-refractivity contribution in [2.24, 2.45) is 0 Å². The second-order valence-electron chi connectivity index (χ2n) is 4.89. The molecule has 26 heavy (non-hydrogen) atoms. The summed E-state index contributed by atoms with van der Waals surface area (Å²) < 4.78 is 0. The molecular formula is C21H22Cl2N2O. The Balaban J connectivity index is 0.00000163. The lowest BCUT2D eigenvalue weighted by atomic mass is 10.1. The molecule has 0 radical (unpaired) electrons. The van der Waals surface area contributed by atoms with Gasteiger partial charge in [-0.3, -0.25) is 9.89 Å². The highest BCUT2D eigenvalue weighted by molar-refractivity contribution is 6.42. The Morgan fingerprint density at radius 2 is 1.92 bits per heavy atom. The molecule has 1 N–H and O–H groups in total. The number of halogens is 2. The number of nitrogens with zero attached hydrogens (tertiary/aromatic N) is 1. The van der Waals surface area contributed by atoms with E-state index in [4.69, 9.17) is 23.2 Å². The van der Waals surface area contributed by atoms with Crippen molar-refractivity contribution in [3.8, 4) is 11.3 Å². The van der Waals surface area contributed by atoms with Crippen LogP contribution in [0.2, 0.25) is 10.0 Å². The fourth-order valence-electron chi connectivity index (χ4n) is 1.94. The minimum absolute atomic E-state index is 0.131. The Hall–Kier alpha value is -2.36. The van der Waals surface area contributed by atoms with Crippen LogP contribution in [0.5, 0.6) is 0 Å². The van der Waals surface area contributed by atoms with Gasteiger partial charge in [0, 0.05) is 11.1 Å². The Labute approximate surface area is 164 Å². The van der Waals surface area contributed by atoms with Crippen LogP contribution in [-0.2, 0) is 4.79 Å². The van der Waals surface area contributed by atoms with Crippen LogP contribution in [0.4, 0.5) is 0 Å². The highest BCUT2D eigenvalue weighted by atomic mass is 35.5. The van der Waals surface area contributed by atoms with Gasteiger partial charge in [-0.1, -0.05) is 74.0 Å². The quantitative estimate of drug-likeness (QED) is 0.442. The first-order valence-electron chi connectivity index (χ1n) is 8.23. The van der Waals surface area contributed by atoms with Crippen molar-refractivity contribution in [3.63, 3.8) is 0 Å². The predicted octanol–water partition coefficient (Wildman–Crippen LogP) is 6.68. The van der Waals surface area contributed by atoms with Crippen LogP contribution in [-0.4, -0.2) is 16.0 Å². The average Bonchev–Trinajstić information content (AvgIpc) is 3.13. The molecule has 3 nitrogen and oxygen atoms in total. The largest absolute Gasteiger partial charge is 0.289 e. The lowest BCUT2D eigenvalue weighted by Gasteiger charge is -1.98. The van der Waals surface area contributed by atoms with Gasteiger partial charge in [0.25, 0.3) is 0 Å². The number of nitrogens with one attached hydrogen (secondary N) is 1. The van der Waals surface area contributed by atoms with E-state index >= 15 is 0 Å². The van der Waals surface area contributed by atoms with Gasteiger partial charge in [-0.15, -0.1) is 0 Å². The summed E-state index contributed by atoms with van der Waals surface area (Å²) in [6.07, 6.45) is 10.0. The zero-order valence-corrected chi connectivity index (χ0v) is 16.6. The number of ketones is 1. The first-order chi connectivity index (χ1) is 12.5. The summed E-state index contributed by atoms with van der Waals surface area (Å²) in [5, 5.41) is 8.04. The number of hydrogen-bond acceptors (Lipinski definition) is 2. The van der Waals surface area contributed by atoms with E-state index in [0.29, 0.717) is 27.0 Å². The van der Waals surface area contributed by atoms with Gasteiger partial charge in [0.1, 0.15) is 0 Å². The number of carbonyl (C=O) groups excluding carboxylic acids is 1. The molecule has 0 aliphatic carbocycles. The van der Waals surface area contributed by atoms with Crippen LogP contribution < -0.4 is 0 Å². The minimum atomic E-state index is -0.131. The smallest absolute Gasteiger partial charge is 0.185 e. The van der Waals surface area contributed by atoms with Gasteiger partial charge in [0.2, 0.25) is 0 Å². The van der Waals surface area contributed by atoms with Gasteiger partial charge in [-0.05, 0) is 37.3 Å². The monoisotopic (exact) mass is 388 g/mol. The van der Waals surface area contributed by atoms with Crippen molar-refractivity contribution >= 4 is 35.1 Å². The van der Waals surface area contributed by atoms with E-state index in [2.05, 4.69) is 16.8 Å². The highest BCUT2D eigenvalue weighted by Gasteiger charge is 2.06. The zero-order chi connectivity index (χ0) is 19.5. The standard InChI is InChI=1S/C19H16Cl2N2O.C2H6/c1-3-5-6-13(4-2)19(24)10-8-15-12-18(23-22-15)14-7-9-16(20)17(21)11-14;1-2/h3-12H,2H2,1H3,(H,22,23);1-2H3/b5-3-,10-8+,13-6+;. The van der Waals surface area contributed by atoms with Crippen LogP contribution >= 0.6 is 23.2 Å². The molecule has 0 fully saturated rings. The van der Waals surface area contributed by atoms with Crippen molar-refractivity contribution in [2.75, 3.05) is 0 Å². The molecule has 2 aromatic rings. The number of allylic oxidation sites excluding steroid dienone is 6. The van der Waals surface area contributed by atoms with Gasteiger partial charge in [-0.25, -0.2) is 0 Å². The summed E-state index contributed by atoms with van der Waals surface area (Å²) in [6.45, 7) is 9.53.